The van der Waals surface area contributed by atoms with Gasteiger partial charge in [-0.15, -0.1) is 0 Å². The minimum atomic E-state index is -3.27. The summed E-state index contributed by atoms with van der Waals surface area (Å²) in [5, 5.41) is 0.202. The van der Waals surface area contributed by atoms with E-state index in [2.05, 4.69) is 0 Å². The van der Waals surface area contributed by atoms with Gasteiger partial charge in [0.25, 0.3) is 0 Å². The van der Waals surface area contributed by atoms with E-state index < -0.39 is 6.72 Å². The van der Waals surface area contributed by atoms with Crippen molar-refractivity contribution in [1.29, 1.82) is 0 Å². The molecule has 0 aliphatic carbocycles. The van der Waals surface area contributed by atoms with Crippen molar-refractivity contribution < 1.29 is 18.7 Å². The first kappa shape index (κ1) is 18.3. The van der Waals surface area contributed by atoms with Crippen LogP contribution in [0.15, 0.2) is 23.2 Å². The van der Waals surface area contributed by atoms with Crippen LogP contribution in [-0.4, -0.2) is 17.3 Å². The van der Waals surface area contributed by atoms with Crippen molar-refractivity contribution in [3.05, 3.63) is 34.4 Å². The highest BCUT2D eigenvalue weighted by Gasteiger charge is 2.17. The molecule has 116 valence electrons. The summed E-state index contributed by atoms with van der Waals surface area (Å²) < 4.78 is 10.3. The van der Waals surface area contributed by atoms with Gasteiger partial charge in [-0.2, -0.15) is 0 Å². The molecule has 0 saturated heterocycles. The van der Waals surface area contributed by atoms with Crippen molar-refractivity contribution in [2.75, 3.05) is 6.61 Å². The number of rotatable bonds is 6. The van der Waals surface area contributed by atoms with Crippen LogP contribution in [0, 0.1) is 6.92 Å². The molecule has 0 aliphatic rings. The van der Waals surface area contributed by atoms with E-state index in [1.165, 1.54) is 6.92 Å². The Bertz CT molecular complexity index is 627. The number of allylic oxidation sites excluding steroid dienone is 2. The lowest BCUT2D eigenvalue weighted by Crippen LogP contribution is -1.98. The Morgan fingerprint density at radius 1 is 1.43 bits per heavy atom. The number of carbonyl (C=O) groups is 1. The van der Waals surface area contributed by atoms with E-state index in [9.17, 15) is 9.69 Å². The Balaban J connectivity index is 3.10. The number of aryl methyl sites for hydroxylation is 1. The van der Waals surface area contributed by atoms with Gasteiger partial charge in [-0.25, -0.2) is 0 Å². The predicted molar refractivity (Wildman–Crippen MR) is 89.1 cm³/mol. The van der Waals surface area contributed by atoms with Crippen molar-refractivity contribution in [3.8, 4) is 5.75 Å². The van der Waals surface area contributed by atoms with Crippen molar-refractivity contribution in [1.82, 2.24) is 0 Å². The van der Waals surface area contributed by atoms with E-state index in [-0.39, 0.29) is 17.4 Å². The van der Waals surface area contributed by atoms with Gasteiger partial charge >= 0.3 is 6.72 Å². The molecule has 1 aromatic rings. The lowest BCUT2D eigenvalue weighted by Gasteiger charge is -2.17. The average molecular weight is 349 g/mol. The zero-order valence-electron chi connectivity index (χ0n) is 12.3. The summed E-state index contributed by atoms with van der Waals surface area (Å²) in [6.07, 6.45) is 0. The molecule has 0 spiro atoms. The minimum Gasteiger partial charge on any atom is -0.424 e. The number of benzene rings is 1. The zero-order valence-corrected chi connectivity index (χ0v) is 14.8. The molecule has 1 atom stereocenters. The molecule has 1 unspecified atom stereocenters. The summed E-state index contributed by atoms with van der Waals surface area (Å²) in [4.78, 5) is 21.1. The average Bonchev–Trinajstić information content (AvgIpc) is 2.36. The largest absolute Gasteiger partial charge is 0.424 e. The lowest BCUT2D eigenvalue weighted by molar-refractivity contribution is -0.113. The molecule has 0 fully saturated rings. The number of ketones is 1. The molecule has 0 bridgehead atoms. The summed E-state index contributed by atoms with van der Waals surface area (Å²) in [6, 6.07) is 5.15. The first-order valence-corrected chi connectivity index (χ1v) is 9.30. The van der Waals surface area contributed by atoms with E-state index in [0.717, 1.165) is 11.1 Å². The van der Waals surface area contributed by atoms with Gasteiger partial charge in [0.05, 0.1) is 11.6 Å². The Kier molecular flexibility index (Phi) is 6.57. The Morgan fingerprint density at radius 2 is 2.05 bits per heavy atom. The van der Waals surface area contributed by atoms with Crippen LogP contribution in [0.2, 0.25) is 0 Å². The molecule has 7 heteroatoms. The van der Waals surface area contributed by atoms with Crippen LogP contribution in [0.3, 0.4) is 0 Å². The molecule has 21 heavy (non-hydrogen) atoms. The van der Waals surface area contributed by atoms with Crippen molar-refractivity contribution >= 4 is 41.5 Å². The Labute approximate surface area is 135 Å². The van der Waals surface area contributed by atoms with Crippen LogP contribution in [0.25, 0.3) is 5.57 Å². The molecule has 0 saturated carbocycles. The smallest absolute Gasteiger partial charge is 0.377 e. The van der Waals surface area contributed by atoms with E-state index in [0.29, 0.717) is 11.3 Å². The zero-order chi connectivity index (χ0) is 16.2. The third-order valence-electron chi connectivity index (χ3n) is 2.75. The molecule has 1 aromatic carbocycles. The third kappa shape index (κ3) is 5.20. The molecule has 0 heterocycles. The Hall–Kier alpha value is -0.710. The van der Waals surface area contributed by atoms with Crippen molar-refractivity contribution in [2.45, 2.75) is 27.7 Å². The molecule has 1 N–H and O–H groups in total. The Morgan fingerprint density at radius 3 is 2.52 bits per heavy atom. The molecular weight excluding hydrogens is 331 g/mol. The quantitative estimate of drug-likeness (QED) is 0.617. The van der Waals surface area contributed by atoms with Gasteiger partial charge in [-0.3, -0.25) is 9.32 Å². The molecule has 0 aliphatic heterocycles. The second-order valence-electron chi connectivity index (χ2n) is 4.45. The molecule has 4 nitrogen and oxygen atoms in total. The first-order chi connectivity index (χ1) is 9.68. The predicted octanol–water partition coefficient (Wildman–Crippen LogP) is 4.19. The molecule has 0 amide bonds. The van der Waals surface area contributed by atoms with E-state index in [1.54, 1.807) is 32.0 Å². The second kappa shape index (κ2) is 7.52. The van der Waals surface area contributed by atoms with Gasteiger partial charge < -0.3 is 9.42 Å². The third-order valence-corrected chi connectivity index (χ3v) is 4.87. The fraction of sp³-hybridized carbons (Fsp3) is 0.357. The normalized spacial score (nSPS) is 15.1. The summed E-state index contributed by atoms with van der Waals surface area (Å²) in [5.41, 5.74) is 2.39. The maximum absolute atomic E-state index is 11.3. The standard InChI is InChI=1S/C14H18ClO4PS/c1-5-18-20(17,21)19-12-6-7-13(9(2)8-12)10(3)14(15)11(4)16/h6-8H,5H2,1-4H3,(H,17,21)/b14-10+. The van der Waals surface area contributed by atoms with Gasteiger partial charge in [-0.05, 0) is 49.6 Å². The van der Waals surface area contributed by atoms with Crippen molar-refractivity contribution in [3.63, 3.8) is 0 Å². The van der Waals surface area contributed by atoms with Crippen molar-refractivity contribution in [2.24, 2.45) is 0 Å². The van der Waals surface area contributed by atoms with Crippen LogP contribution in [-0.2, 0) is 21.1 Å². The molecule has 1 rings (SSSR count). The van der Waals surface area contributed by atoms with Crippen LogP contribution in [0.1, 0.15) is 31.9 Å². The topological polar surface area (TPSA) is 55.8 Å². The fourth-order valence-electron chi connectivity index (χ4n) is 1.82. The lowest BCUT2D eigenvalue weighted by atomic mass is 10.0. The van der Waals surface area contributed by atoms with E-state index >= 15 is 0 Å². The SMILES string of the molecule is CCOP(O)(=S)Oc1ccc(/C(C)=C(/Cl)C(C)=O)c(C)c1. The van der Waals surface area contributed by atoms with Gasteiger partial charge in [-0.1, -0.05) is 17.7 Å². The van der Waals surface area contributed by atoms with Crippen LogP contribution in [0.5, 0.6) is 5.75 Å². The summed E-state index contributed by atoms with van der Waals surface area (Å²) in [7, 11) is 0. The van der Waals surface area contributed by atoms with E-state index in [4.69, 9.17) is 32.5 Å². The summed E-state index contributed by atoms with van der Waals surface area (Å²) >= 11 is 10.9. The maximum Gasteiger partial charge on any atom is 0.377 e. The maximum atomic E-state index is 11.3. The summed E-state index contributed by atoms with van der Waals surface area (Å²) in [5.74, 6) is 0.235. The number of hydrogen-bond donors (Lipinski definition) is 1. The van der Waals surface area contributed by atoms with Gasteiger partial charge in [0.1, 0.15) is 5.75 Å². The number of Topliss-reactive ketones (excluding diaryl/α,β-unsaturated/α-hetero) is 1. The highest BCUT2D eigenvalue weighted by Crippen LogP contribution is 2.44. The highest BCUT2D eigenvalue weighted by molar-refractivity contribution is 8.07. The number of carbonyl (C=O) groups excluding carboxylic acids is 1. The van der Waals surface area contributed by atoms with Crippen LogP contribution in [0.4, 0.5) is 0 Å². The number of hydrogen-bond acceptors (Lipinski definition) is 4. The molecular formula is C14H18ClO4PS. The molecule has 0 aromatic heterocycles. The summed E-state index contributed by atoms with van der Waals surface area (Å²) in [6.45, 7) is 3.80. The van der Waals surface area contributed by atoms with Crippen LogP contribution >= 0.6 is 18.3 Å². The first-order valence-electron chi connectivity index (χ1n) is 6.33. The van der Waals surface area contributed by atoms with Gasteiger partial charge in [0.15, 0.2) is 5.78 Å². The highest BCUT2D eigenvalue weighted by atomic mass is 35.5. The van der Waals surface area contributed by atoms with E-state index in [1.807, 2.05) is 6.92 Å². The fourth-order valence-corrected chi connectivity index (χ4v) is 3.25. The number of halogens is 1. The van der Waals surface area contributed by atoms with Gasteiger partial charge in [0.2, 0.25) is 0 Å². The van der Waals surface area contributed by atoms with Gasteiger partial charge in [0, 0.05) is 18.7 Å². The molecule has 0 radical (unpaired) electrons. The minimum absolute atomic E-state index is 0.184. The van der Waals surface area contributed by atoms with Crippen LogP contribution < -0.4 is 4.52 Å². The second-order valence-corrected chi connectivity index (χ2v) is 7.59. The monoisotopic (exact) mass is 348 g/mol.